The molecule has 1 aliphatic rings. The van der Waals surface area contributed by atoms with Crippen molar-refractivity contribution in [1.82, 2.24) is 9.55 Å². The van der Waals surface area contributed by atoms with Gasteiger partial charge in [-0.15, -0.1) is 13.2 Å². The number of halogens is 4. The van der Waals surface area contributed by atoms with E-state index < -0.39 is 34.6 Å². The summed E-state index contributed by atoms with van der Waals surface area (Å²) in [6, 6.07) is 13.3. The van der Waals surface area contributed by atoms with E-state index in [0.717, 1.165) is 11.6 Å². The van der Waals surface area contributed by atoms with E-state index in [0.29, 0.717) is 5.56 Å². The molecular formula is C22H15F4N5O3S. The molecule has 180 valence electrons. The number of hydrogen-bond acceptors (Lipinski definition) is 7. The lowest BCUT2D eigenvalue weighted by Crippen LogP contribution is -2.22. The van der Waals surface area contributed by atoms with Gasteiger partial charge in [0.05, 0.1) is 18.1 Å². The summed E-state index contributed by atoms with van der Waals surface area (Å²) < 4.78 is 71.4. The van der Waals surface area contributed by atoms with Crippen LogP contribution in [0.15, 0.2) is 58.7 Å². The lowest BCUT2D eigenvalue weighted by molar-refractivity contribution is -0.271. The monoisotopic (exact) mass is 505 g/mol. The number of alkyl halides is 3. The number of hydrogen-bond donors (Lipinski definition) is 0. The van der Waals surface area contributed by atoms with Crippen molar-refractivity contribution < 1.29 is 30.7 Å². The first-order valence-corrected chi connectivity index (χ1v) is 11.4. The van der Waals surface area contributed by atoms with E-state index >= 15 is 0 Å². The second-order valence-corrected chi connectivity index (χ2v) is 9.20. The number of nitriles is 2. The SMILES string of the molecule is CC(OCn1cnc(C#N)c1C#N)c1ccc(OS2(OC(F)(F)F)C=Nc3ccccc32)c(F)c1. The molecule has 2 unspecified atom stereocenters. The third-order valence-electron chi connectivity index (χ3n) is 4.87. The second kappa shape index (κ2) is 9.38. The van der Waals surface area contributed by atoms with Gasteiger partial charge in [-0.2, -0.15) is 14.7 Å². The van der Waals surface area contributed by atoms with Crippen LogP contribution in [0.1, 0.15) is 30.0 Å². The molecule has 0 spiro atoms. The predicted molar refractivity (Wildman–Crippen MR) is 116 cm³/mol. The average molecular weight is 505 g/mol. The molecule has 3 aromatic rings. The van der Waals surface area contributed by atoms with Crippen molar-refractivity contribution in [3.8, 4) is 17.9 Å². The van der Waals surface area contributed by atoms with Crippen molar-refractivity contribution in [1.29, 1.82) is 10.5 Å². The number of ether oxygens (including phenoxy) is 1. The van der Waals surface area contributed by atoms with Crippen molar-refractivity contribution in [2.45, 2.75) is 31.0 Å². The first-order valence-electron chi connectivity index (χ1n) is 9.85. The second-order valence-electron chi connectivity index (χ2n) is 7.12. The molecule has 1 aliphatic heterocycles. The summed E-state index contributed by atoms with van der Waals surface area (Å²) >= 11 is 0. The number of fused-ring (bicyclic) bond motifs is 1. The fourth-order valence-electron chi connectivity index (χ4n) is 3.22. The molecule has 2 aromatic carbocycles. The zero-order chi connectivity index (χ0) is 25.2. The van der Waals surface area contributed by atoms with Gasteiger partial charge in [0.2, 0.25) is 0 Å². The Morgan fingerprint density at radius 2 is 1.91 bits per heavy atom. The number of nitrogens with zero attached hydrogens (tertiary/aromatic N) is 5. The zero-order valence-electron chi connectivity index (χ0n) is 17.9. The van der Waals surface area contributed by atoms with Crippen LogP contribution in [-0.4, -0.2) is 21.5 Å². The van der Waals surface area contributed by atoms with E-state index in [9.17, 15) is 17.6 Å². The molecule has 8 nitrogen and oxygen atoms in total. The van der Waals surface area contributed by atoms with E-state index in [1.807, 2.05) is 6.07 Å². The van der Waals surface area contributed by atoms with Crippen LogP contribution in [-0.2, 0) is 15.7 Å². The number of aliphatic imine (C=N–C) groups is 1. The summed E-state index contributed by atoms with van der Waals surface area (Å²) in [5, 5.41) is 18.1. The maximum Gasteiger partial charge on any atom is 0.542 e. The summed E-state index contributed by atoms with van der Waals surface area (Å²) in [4.78, 5) is 7.81. The summed E-state index contributed by atoms with van der Waals surface area (Å²) in [6.45, 7) is 1.47. The molecule has 13 heteroatoms. The summed E-state index contributed by atoms with van der Waals surface area (Å²) in [5.74, 6) is -1.39. The van der Waals surface area contributed by atoms with E-state index in [2.05, 4.69) is 14.2 Å². The van der Waals surface area contributed by atoms with Gasteiger partial charge in [0.25, 0.3) is 0 Å². The molecule has 0 radical (unpaired) electrons. The van der Waals surface area contributed by atoms with E-state index in [1.54, 1.807) is 19.1 Å². The molecule has 0 amide bonds. The highest BCUT2D eigenvalue weighted by molar-refractivity contribution is 8.37. The number of benzene rings is 2. The Hall–Kier alpha value is -3.91. The summed E-state index contributed by atoms with van der Waals surface area (Å²) in [6.07, 6.45) is -4.47. The van der Waals surface area contributed by atoms with Gasteiger partial charge in [0, 0.05) is 0 Å². The number of rotatable bonds is 7. The number of imidazole rings is 1. The molecule has 1 aromatic heterocycles. The summed E-state index contributed by atoms with van der Waals surface area (Å²) in [7, 11) is -3.60. The topological polar surface area (TPSA) is 105 Å². The van der Waals surface area contributed by atoms with E-state index in [4.69, 9.17) is 19.4 Å². The Morgan fingerprint density at radius 3 is 2.60 bits per heavy atom. The molecule has 4 rings (SSSR count). The third kappa shape index (κ3) is 4.97. The number of para-hydroxylation sites is 1. The molecule has 2 atom stereocenters. The minimum atomic E-state index is -5.06. The minimum Gasteiger partial charge on any atom is -0.379 e. The highest BCUT2D eigenvalue weighted by Gasteiger charge is 2.44. The van der Waals surface area contributed by atoms with Crippen LogP contribution in [0.4, 0.5) is 23.2 Å². The first-order chi connectivity index (χ1) is 16.7. The maximum absolute atomic E-state index is 14.9. The van der Waals surface area contributed by atoms with Crippen LogP contribution in [0, 0.1) is 28.5 Å². The van der Waals surface area contributed by atoms with Crippen LogP contribution >= 0.6 is 10.6 Å². The average Bonchev–Trinajstić information content (AvgIpc) is 3.38. The van der Waals surface area contributed by atoms with Crippen LogP contribution in [0.5, 0.6) is 5.75 Å². The van der Waals surface area contributed by atoms with Gasteiger partial charge < -0.3 is 8.92 Å². The molecule has 0 fully saturated rings. The highest BCUT2D eigenvalue weighted by Crippen LogP contribution is 2.64. The van der Waals surface area contributed by atoms with Gasteiger partial charge in [0.1, 0.15) is 29.3 Å². The van der Waals surface area contributed by atoms with Crippen molar-refractivity contribution in [3.05, 3.63) is 71.6 Å². The third-order valence-corrected chi connectivity index (χ3v) is 7.08. The van der Waals surface area contributed by atoms with Gasteiger partial charge in [-0.3, -0.25) is 4.57 Å². The van der Waals surface area contributed by atoms with Crippen LogP contribution < -0.4 is 4.18 Å². The first kappa shape index (κ1) is 24.2. The van der Waals surface area contributed by atoms with Crippen molar-refractivity contribution >= 4 is 21.8 Å². The summed E-state index contributed by atoms with van der Waals surface area (Å²) in [5.41, 5.74) is 1.48. The highest BCUT2D eigenvalue weighted by atomic mass is 32.3. The Balaban J connectivity index is 1.54. The van der Waals surface area contributed by atoms with Gasteiger partial charge >= 0.3 is 6.36 Å². The minimum absolute atomic E-state index is 0.0195. The lowest BCUT2D eigenvalue weighted by Gasteiger charge is -2.37. The van der Waals surface area contributed by atoms with Crippen molar-refractivity contribution in [3.63, 3.8) is 0 Å². The van der Waals surface area contributed by atoms with Gasteiger partial charge in [-0.25, -0.2) is 14.4 Å². The van der Waals surface area contributed by atoms with Crippen LogP contribution in [0.2, 0.25) is 0 Å². The molecule has 0 N–H and O–H groups in total. The van der Waals surface area contributed by atoms with Gasteiger partial charge in [-0.1, -0.05) is 28.8 Å². The Labute approximate surface area is 198 Å². The Kier molecular flexibility index (Phi) is 6.49. The van der Waals surface area contributed by atoms with Crippen LogP contribution in [0.3, 0.4) is 0 Å². The van der Waals surface area contributed by atoms with Gasteiger partial charge in [0.15, 0.2) is 23.0 Å². The van der Waals surface area contributed by atoms with Crippen molar-refractivity contribution in [2.75, 3.05) is 0 Å². The lowest BCUT2D eigenvalue weighted by atomic mass is 10.1. The molecule has 2 heterocycles. The molecule has 0 saturated heterocycles. The number of aromatic nitrogens is 2. The van der Waals surface area contributed by atoms with E-state index in [-0.39, 0.29) is 28.7 Å². The predicted octanol–water partition coefficient (Wildman–Crippen LogP) is 5.78. The van der Waals surface area contributed by atoms with Crippen molar-refractivity contribution in [2.24, 2.45) is 4.99 Å². The normalized spacial score (nSPS) is 19.3. The standard InChI is InChI=1S/C22H15F4N5O3S/c1-14(32-13-31-11-29-18(9-27)19(31)10-28)15-6-7-20(16(23)8-15)33-35(34-22(24,25)26)12-30-17-4-2-3-5-21(17)35/h2-8,11-12,14H,13H2,1H3. The van der Waals surface area contributed by atoms with Crippen LogP contribution in [0.25, 0.3) is 0 Å². The molecular weight excluding hydrogens is 490 g/mol. The quantitative estimate of drug-likeness (QED) is 0.377. The van der Waals surface area contributed by atoms with Gasteiger partial charge in [-0.05, 0) is 36.8 Å². The maximum atomic E-state index is 14.9. The molecule has 0 aliphatic carbocycles. The Bertz CT molecular complexity index is 1380. The smallest absolute Gasteiger partial charge is 0.379 e. The zero-order valence-corrected chi connectivity index (χ0v) is 18.7. The van der Waals surface area contributed by atoms with E-state index in [1.165, 1.54) is 41.2 Å². The molecule has 35 heavy (non-hydrogen) atoms. The fourth-order valence-corrected chi connectivity index (χ4v) is 5.24. The fraction of sp³-hybridized carbons (Fsp3) is 0.182. The molecule has 0 saturated carbocycles. The largest absolute Gasteiger partial charge is 0.542 e. The molecule has 0 bridgehead atoms. The Morgan fingerprint density at radius 1 is 1.14 bits per heavy atom.